The molecule has 104 valence electrons. The van der Waals surface area contributed by atoms with Crippen LogP contribution in [-0.4, -0.2) is 12.5 Å². The number of carbonyl (C=O) groups excluding carboxylic acids is 1. The fourth-order valence-corrected chi connectivity index (χ4v) is 2.36. The van der Waals surface area contributed by atoms with E-state index in [-0.39, 0.29) is 5.91 Å². The Bertz CT molecular complexity index is 600. The number of rotatable bonds is 4. The van der Waals surface area contributed by atoms with Crippen LogP contribution in [0.25, 0.3) is 0 Å². The summed E-state index contributed by atoms with van der Waals surface area (Å²) in [6.45, 7) is 4.57. The van der Waals surface area contributed by atoms with Gasteiger partial charge in [0.25, 0.3) is 5.91 Å². The molecule has 0 saturated heterocycles. The van der Waals surface area contributed by atoms with Crippen LogP contribution in [0.15, 0.2) is 42.5 Å². The van der Waals surface area contributed by atoms with Crippen molar-refractivity contribution < 1.29 is 4.79 Å². The second-order valence-electron chi connectivity index (χ2n) is 5.03. The van der Waals surface area contributed by atoms with E-state index in [1.807, 2.05) is 50.2 Å². The molecule has 3 nitrogen and oxygen atoms in total. The number of nitrogens with two attached hydrogens (primary N) is 1. The highest BCUT2D eigenvalue weighted by molar-refractivity contribution is 6.05. The predicted octanol–water partition coefficient (Wildman–Crippen LogP) is 3.06. The molecule has 1 amide bonds. The van der Waals surface area contributed by atoms with Gasteiger partial charge in [-0.15, -0.1) is 0 Å². The Kier molecular flexibility index (Phi) is 4.53. The minimum absolute atomic E-state index is 0.0842. The highest BCUT2D eigenvalue weighted by atomic mass is 16.1. The van der Waals surface area contributed by atoms with Crippen molar-refractivity contribution in [3.05, 3.63) is 64.7 Å². The van der Waals surface area contributed by atoms with E-state index in [0.717, 1.165) is 22.4 Å². The summed E-state index contributed by atoms with van der Waals surface area (Å²) in [6.07, 6.45) is 0.705. The zero-order valence-corrected chi connectivity index (χ0v) is 11.9. The summed E-state index contributed by atoms with van der Waals surface area (Å²) in [5.41, 5.74) is 10.4. The van der Waals surface area contributed by atoms with Gasteiger partial charge in [0.1, 0.15) is 0 Å². The zero-order chi connectivity index (χ0) is 14.5. The summed E-state index contributed by atoms with van der Waals surface area (Å²) in [6, 6.07) is 13.6. The molecule has 2 aromatic carbocycles. The van der Waals surface area contributed by atoms with E-state index in [9.17, 15) is 4.79 Å². The molecule has 0 spiro atoms. The van der Waals surface area contributed by atoms with Gasteiger partial charge in [-0.2, -0.15) is 0 Å². The molecule has 0 aliphatic carbocycles. The normalized spacial score (nSPS) is 10.3. The second-order valence-corrected chi connectivity index (χ2v) is 5.03. The smallest absolute Gasteiger partial charge is 0.255 e. The molecule has 2 aromatic rings. The quantitative estimate of drug-likeness (QED) is 0.895. The second kappa shape index (κ2) is 6.35. The number of benzene rings is 2. The van der Waals surface area contributed by atoms with Crippen LogP contribution in [0, 0.1) is 13.8 Å². The maximum atomic E-state index is 12.4. The van der Waals surface area contributed by atoms with Gasteiger partial charge in [-0.25, -0.2) is 0 Å². The maximum absolute atomic E-state index is 12.4. The highest BCUT2D eigenvalue weighted by Crippen LogP contribution is 2.16. The largest absolute Gasteiger partial charge is 0.330 e. The van der Waals surface area contributed by atoms with E-state index in [1.54, 1.807) is 0 Å². The van der Waals surface area contributed by atoms with Crippen molar-refractivity contribution in [1.82, 2.24) is 0 Å². The van der Waals surface area contributed by atoms with Gasteiger partial charge in [0.2, 0.25) is 0 Å². The first-order chi connectivity index (χ1) is 9.60. The van der Waals surface area contributed by atoms with Gasteiger partial charge in [-0.3, -0.25) is 4.79 Å². The summed E-state index contributed by atoms with van der Waals surface area (Å²) >= 11 is 0. The average Bonchev–Trinajstić information content (AvgIpc) is 2.38. The van der Waals surface area contributed by atoms with Crippen molar-refractivity contribution in [1.29, 1.82) is 0 Å². The van der Waals surface area contributed by atoms with Gasteiger partial charge < -0.3 is 11.1 Å². The minimum atomic E-state index is -0.0842. The lowest BCUT2D eigenvalue weighted by atomic mass is 10.0. The number of carbonyl (C=O) groups is 1. The molecule has 0 aliphatic heterocycles. The molecule has 20 heavy (non-hydrogen) atoms. The van der Waals surface area contributed by atoms with E-state index in [1.165, 1.54) is 0 Å². The molecule has 0 atom stereocenters. The molecule has 0 unspecified atom stereocenters. The summed E-state index contributed by atoms with van der Waals surface area (Å²) in [5.74, 6) is -0.0842. The van der Waals surface area contributed by atoms with Gasteiger partial charge in [0.15, 0.2) is 0 Å². The SMILES string of the molecule is Cc1cc(C)cc(NC(=O)c2ccccc2CCN)c1. The topological polar surface area (TPSA) is 55.1 Å². The maximum Gasteiger partial charge on any atom is 0.255 e. The molecular formula is C17H20N2O. The summed E-state index contributed by atoms with van der Waals surface area (Å²) in [4.78, 5) is 12.4. The van der Waals surface area contributed by atoms with Crippen LogP contribution in [0.3, 0.4) is 0 Å². The summed E-state index contributed by atoms with van der Waals surface area (Å²) in [7, 11) is 0. The molecule has 0 heterocycles. The third-order valence-corrected chi connectivity index (χ3v) is 3.16. The van der Waals surface area contributed by atoms with Crippen molar-refractivity contribution in [3.63, 3.8) is 0 Å². The Balaban J connectivity index is 2.23. The first kappa shape index (κ1) is 14.3. The number of aryl methyl sites for hydroxylation is 2. The molecular weight excluding hydrogens is 248 g/mol. The molecule has 2 rings (SSSR count). The lowest BCUT2D eigenvalue weighted by Crippen LogP contribution is -2.16. The van der Waals surface area contributed by atoms with Crippen LogP contribution in [-0.2, 0) is 6.42 Å². The Morgan fingerprint density at radius 3 is 2.40 bits per heavy atom. The van der Waals surface area contributed by atoms with Crippen molar-refractivity contribution in [3.8, 4) is 0 Å². The molecule has 3 N–H and O–H groups in total. The van der Waals surface area contributed by atoms with Crippen LogP contribution in [0.2, 0.25) is 0 Å². The van der Waals surface area contributed by atoms with E-state index in [0.29, 0.717) is 18.5 Å². The summed E-state index contributed by atoms with van der Waals surface area (Å²) < 4.78 is 0. The monoisotopic (exact) mass is 268 g/mol. The van der Waals surface area contributed by atoms with Crippen LogP contribution in [0.1, 0.15) is 27.0 Å². The molecule has 0 saturated carbocycles. The van der Waals surface area contributed by atoms with E-state index in [2.05, 4.69) is 11.4 Å². The van der Waals surface area contributed by atoms with Gasteiger partial charge in [0, 0.05) is 11.3 Å². The molecule has 3 heteroatoms. The molecule has 0 bridgehead atoms. The fourth-order valence-electron chi connectivity index (χ4n) is 2.36. The van der Waals surface area contributed by atoms with Gasteiger partial charge >= 0.3 is 0 Å². The van der Waals surface area contributed by atoms with Crippen LogP contribution in [0.4, 0.5) is 5.69 Å². The van der Waals surface area contributed by atoms with E-state index < -0.39 is 0 Å². The Morgan fingerprint density at radius 2 is 1.75 bits per heavy atom. The highest BCUT2D eigenvalue weighted by Gasteiger charge is 2.10. The Morgan fingerprint density at radius 1 is 1.10 bits per heavy atom. The fraction of sp³-hybridized carbons (Fsp3) is 0.235. The number of anilines is 1. The van der Waals surface area contributed by atoms with E-state index in [4.69, 9.17) is 5.73 Å². The predicted molar refractivity (Wildman–Crippen MR) is 83.1 cm³/mol. The van der Waals surface area contributed by atoms with Crippen molar-refractivity contribution in [2.24, 2.45) is 5.73 Å². The van der Waals surface area contributed by atoms with Crippen LogP contribution in [0.5, 0.6) is 0 Å². The third kappa shape index (κ3) is 3.45. The molecule has 0 aromatic heterocycles. The lowest BCUT2D eigenvalue weighted by Gasteiger charge is -2.10. The van der Waals surface area contributed by atoms with Gasteiger partial charge in [0.05, 0.1) is 0 Å². The number of amides is 1. The molecule has 0 aliphatic rings. The zero-order valence-electron chi connectivity index (χ0n) is 11.9. The number of hydrogen-bond donors (Lipinski definition) is 2. The van der Waals surface area contributed by atoms with Gasteiger partial charge in [-0.05, 0) is 61.7 Å². The first-order valence-electron chi connectivity index (χ1n) is 6.78. The van der Waals surface area contributed by atoms with Crippen molar-refractivity contribution in [2.75, 3.05) is 11.9 Å². The molecule has 0 fully saturated rings. The standard InChI is InChI=1S/C17H20N2O/c1-12-9-13(2)11-15(10-12)19-17(20)16-6-4-3-5-14(16)7-8-18/h3-6,9-11H,7-8,18H2,1-2H3,(H,19,20). The molecule has 0 radical (unpaired) electrons. The Labute approximate surface area is 119 Å². The van der Waals surface area contributed by atoms with Crippen LogP contribution >= 0.6 is 0 Å². The Hall–Kier alpha value is -2.13. The summed E-state index contributed by atoms with van der Waals surface area (Å²) in [5, 5.41) is 2.96. The third-order valence-electron chi connectivity index (χ3n) is 3.16. The van der Waals surface area contributed by atoms with Crippen molar-refractivity contribution >= 4 is 11.6 Å². The van der Waals surface area contributed by atoms with Gasteiger partial charge in [-0.1, -0.05) is 24.3 Å². The number of hydrogen-bond acceptors (Lipinski definition) is 2. The minimum Gasteiger partial charge on any atom is -0.330 e. The van der Waals surface area contributed by atoms with Crippen molar-refractivity contribution in [2.45, 2.75) is 20.3 Å². The van der Waals surface area contributed by atoms with Crippen LogP contribution < -0.4 is 11.1 Å². The average molecular weight is 268 g/mol. The van der Waals surface area contributed by atoms with E-state index >= 15 is 0 Å². The number of nitrogens with one attached hydrogen (secondary N) is 1. The first-order valence-corrected chi connectivity index (χ1v) is 6.78. The lowest BCUT2D eigenvalue weighted by molar-refractivity contribution is 0.102.